The number of alkyl halides is 6. The molecule has 12 nitrogen and oxygen atoms in total. The van der Waals surface area contributed by atoms with Gasteiger partial charge in [-0.15, -0.1) is 23.4 Å². The number of nitrogens with one attached hydrogen (secondary N) is 2. The standard InChI is InChI=1S/C27H16BrCl2F6N9O3/c28-14-8-17(23(46)38-11-13-3-1-4-16(7-13)48-27(34,35)36)21(19(30)9-14)39-24(47)20-10-15(12-44-42-25(40-43-44)26(31,32)33)41-45(20)22-18(29)5-2-6-37-22/h1-10H,11-12H2,(H,38,46)(H,39,47). The molecule has 0 fully saturated rings. The Bertz CT molecular complexity index is 2000. The first-order valence-corrected chi connectivity index (χ1v) is 14.6. The summed E-state index contributed by atoms with van der Waals surface area (Å²) in [5, 5.41) is 18.9. The summed E-state index contributed by atoms with van der Waals surface area (Å²) in [7, 11) is 0. The van der Waals surface area contributed by atoms with Crippen molar-refractivity contribution in [2.24, 2.45) is 0 Å². The third-order valence-corrected chi connectivity index (χ3v) is 7.12. The Morgan fingerprint density at radius 3 is 2.40 bits per heavy atom. The Kier molecular flexibility index (Phi) is 9.92. The third kappa shape index (κ3) is 8.39. The van der Waals surface area contributed by atoms with E-state index in [1.807, 2.05) is 0 Å². The maximum atomic E-state index is 13.7. The number of carbonyl (C=O) groups excluding carboxylic acids is 2. The zero-order chi connectivity index (χ0) is 34.8. The monoisotopic (exact) mass is 777 g/mol. The van der Waals surface area contributed by atoms with E-state index in [1.54, 1.807) is 0 Å². The molecule has 0 bridgehead atoms. The zero-order valence-electron chi connectivity index (χ0n) is 23.4. The number of anilines is 1. The van der Waals surface area contributed by atoms with Crippen molar-refractivity contribution in [1.29, 1.82) is 0 Å². The first kappa shape index (κ1) is 34.6. The van der Waals surface area contributed by atoms with Crippen LogP contribution in [0.3, 0.4) is 0 Å². The summed E-state index contributed by atoms with van der Waals surface area (Å²) in [5.74, 6) is -3.65. The van der Waals surface area contributed by atoms with Gasteiger partial charge in [0.15, 0.2) is 5.82 Å². The van der Waals surface area contributed by atoms with Gasteiger partial charge in [0, 0.05) is 17.2 Å². The number of tetrazole rings is 1. The summed E-state index contributed by atoms with van der Waals surface area (Å²) in [5.41, 5.74) is -0.257. The highest BCUT2D eigenvalue weighted by atomic mass is 79.9. The highest BCUT2D eigenvalue weighted by molar-refractivity contribution is 9.10. The number of nitrogens with zero attached hydrogens (tertiary/aromatic N) is 7. The van der Waals surface area contributed by atoms with Gasteiger partial charge in [0.2, 0.25) is 0 Å². The molecule has 5 aromatic rings. The van der Waals surface area contributed by atoms with Crippen LogP contribution in [0.25, 0.3) is 5.82 Å². The predicted molar refractivity (Wildman–Crippen MR) is 160 cm³/mol. The fourth-order valence-electron chi connectivity index (χ4n) is 4.12. The van der Waals surface area contributed by atoms with E-state index in [1.165, 1.54) is 48.7 Å². The fraction of sp³-hybridized carbons (Fsp3) is 0.148. The minimum Gasteiger partial charge on any atom is -0.406 e. The Morgan fingerprint density at radius 2 is 1.71 bits per heavy atom. The summed E-state index contributed by atoms with van der Waals surface area (Å²) in [6, 6.07) is 11.9. The van der Waals surface area contributed by atoms with Crippen LogP contribution in [0.2, 0.25) is 10.0 Å². The Morgan fingerprint density at radius 1 is 0.938 bits per heavy atom. The van der Waals surface area contributed by atoms with E-state index in [2.05, 4.69) is 56.8 Å². The van der Waals surface area contributed by atoms with Gasteiger partial charge in [0.05, 0.1) is 27.0 Å². The number of carbonyl (C=O) groups is 2. The molecule has 3 aromatic heterocycles. The average molecular weight is 779 g/mol. The van der Waals surface area contributed by atoms with Crippen LogP contribution in [0.5, 0.6) is 5.75 Å². The molecule has 0 saturated carbocycles. The maximum Gasteiger partial charge on any atom is 0.573 e. The lowest BCUT2D eigenvalue weighted by Gasteiger charge is -2.15. The normalized spacial score (nSPS) is 11.8. The summed E-state index contributed by atoms with van der Waals surface area (Å²) in [4.78, 5) is 31.8. The van der Waals surface area contributed by atoms with E-state index < -0.39 is 42.5 Å². The molecule has 250 valence electrons. The first-order valence-electron chi connectivity index (χ1n) is 13.1. The molecule has 0 spiro atoms. The smallest absolute Gasteiger partial charge is 0.406 e. The molecule has 3 heterocycles. The van der Waals surface area contributed by atoms with Gasteiger partial charge >= 0.3 is 12.5 Å². The van der Waals surface area contributed by atoms with Crippen molar-refractivity contribution in [2.45, 2.75) is 25.6 Å². The molecular formula is C27H16BrCl2F6N9O3. The number of rotatable bonds is 9. The Hall–Kier alpha value is -4.75. The van der Waals surface area contributed by atoms with Gasteiger partial charge < -0.3 is 15.4 Å². The minimum atomic E-state index is -4.91. The highest BCUT2D eigenvalue weighted by Gasteiger charge is 2.37. The number of hydrogen-bond acceptors (Lipinski definition) is 8. The van der Waals surface area contributed by atoms with Crippen molar-refractivity contribution in [3.05, 3.63) is 104 Å². The molecule has 21 heteroatoms. The molecular weight excluding hydrogens is 763 g/mol. The lowest BCUT2D eigenvalue weighted by atomic mass is 10.1. The molecule has 2 aromatic carbocycles. The van der Waals surface area contributed by atoms with Crippen LogP contribution < -0.4 is 15.4 Å². The minimum absolute atomic E-state index is 0.00426. The van der Waals surface area contributed by atoms with E-state index in [4.69, 9.17) is 23.2 Å². The van der Waals surface area contributed by atoms with Gasteiger partial charge in [-0.05, 0) is 53.2 Å². The van der Waals surface area contributed by atoms with Crippen LogP contribution in [0.1, 0.15) is 37.9 Å². The van der Waals surface area contributed by atoms with Crippen molar-refractivity contribution < 1.29 is 40.7 Å². The summed E-state index contributed by atoms with van der Waals surface area (Å²) >= 11 is 15.9. The Balaban J connectivity index is 1.43. The lowest BCUT2D eigenvalue weighted by Crippen LogP contribution is -2.26. The van der Waals surface area contributed by atoms with Crippen LogP contribution in [-0.4, -0.2) is 53.1 Å². The van der Waals surface area contributed by atoms with Gasteiger partial charge in [0.1, 0.15) is 18.0 Å². The number of amides is 2. The lowest BCUT2D eigenvalue weighted by molar-refractivity contribution is -0.274. The van der Waals surface area contributed by atoms with Crippen molar-refractivity contribution >= 4 is 56.6 Å². The number of pyridine rings is 1. The molecule has 0 radical (unpaired) electrons. The molecule has 0 saturated heterocycles. The molecule has 0 atom stereocenters. The van der Waals surface area contributed by atoms with Gasteiger partial charge in [-0.2, -0.15) is 23.1 Å². The predicted octanol–water partition coefficient (Wildman–Crippen LogP) is 6.47. The molecule has 2 N–H and O–H groups in total. The van der Waals surface area contributed by atoms with E-state index >= 15 is 0 Å². The summed E-state index contributed by atoms with van der Waals surface area (Å²) in [6.07, 6.45) is -8.40. The van der Waals surface area contributed by atoms with Gasteiger partial charge in [-0.25, -0.2) is 9.67 Å². The van der Waals surface area contributed by atoms with Gasteiger partial charge in [-0.3, -0.25) is 9.59 Å². The maximum absolute atomic E-state index is 13.7. The largest absolute Gasteiger partial charge is 0.573 e. The molecule has 0 unspecified atom stereocenters. The first-order chi connectivity index (χ1) is 22.6. The molecule has 5 rings (SSSR count). The van der Waals surface area contributed by atoms with E-state index in [-0.39, 0.29) is 50.6 Å². The Labute approximate surface area is 283 Å². The zero-order valence-corrected chi connectivity index (χ0v) is 26.5. The van der Waals surface area contributed by atoms with Crippen LogP contribution in [0.4, 0.5) is 32.0 Å². The molecule has 0 aliphatic carbocycles. The van der Waals surface area contributed by atoms with E-state index in [9.17, 15) is 35.9 Å². The number of aromatic nitrogens is 7. The summed E-state index contributed by atoms with van der Waals surface area (Å²) in [6.45, 7) is -0.672. The van der Waals surface area contributed by atoms with Gasteiger partial charge in [0.25, 0.3) is 17.6 Å². The molecule has 0 aliphatic rings. The van der Waals surface area contributed by atoms with Crippen LogP contribution in [-0.2, 0) is 19.3 Å². The summed E-state index contributed by atoms with van der Waals surface area (Å²) < 4.78 is 82.1. The number of benzene rings is 2. The average Bonchev–Trinajstić information content (AvgIpc) is 3.64. The van der Waals surface area contributed by atoms with Gasteiger partial charge in [-0.1, -0.05) is 51.3 Å². The molecule has 48 heavy (non-hydrogen) atoms. The van der Waals surface area contributed by atoms with Crippen molar-refractivity contribution in [3.63, 3.8) is 0 Å². The second kappa shape index (κ2) is 13.8. The van der Waals surface area contributed by atoms with Crippen LogP contribution in [0, 0.1) is 0 Å². The second-order valence-corrected chi connectivity index (χ2v) is 11.3. The number of ether oxygens (including phenoxy) is 1. The fourth-order valence-corrected chi connectivity index (χ4v) is 5.18. The van der Waals surface area contributed by atoms with E-state index in [0.717, 1.165) is 16.8 Å². The van der Waals surface area contributed by atoms with Crippen molar-refractivity contribution in [2.75, 3.05) is 5.32 Å². The molecule has 2 amide bonds. The highest BCUT2D eigenvalue weighted by Crippen LogP contribution is 2.32. The van der Waals surface area contributed by atoms with Crippen LogP contribution >= 0.6 is 39.1 Å². The third-order valence-electron chi connectivity index (χ3n) is 6.07. The quantitative estimate of drug-likeness (QED) is 0.162. The number of halogens is 9. The topological polar surface area (TPSA) is 142 Å². The van der Waals surface area contributed by atoms with Crippen molar-refractivity contribution in [1.82, 2.24) is 40.3 Å². The van der Waals surface area contributed by atoms with Crippen molar-refractivity contribution in [3.8, 4) is 11.6 Å². The number of hydrogen-bond donors (Lipinski definition) is 2. The van der Waals surface area contributed by atoms with E-state index in [0.29, 0.717) is 9.27 Å². The van der Waals surface area contributed by atoms with Crippen LogP contribution in [0.15, 0.2) is 65.3 Å². The molecule has 0 aliphatic heterocycles. The SMILES string of the molecule is O=C(NCc1cccc(OC(F)(F)F)c1)c1cc(Br)cc(Cl)c1NC(=O)c1cc(Cn2nnc(C(F)(F)F)n2)nn1-c1ncccc1Cl. The second-order valence-electron chi connectivity index (χ2n) is 9.52.